The molecule has 178 valence electrons. The number of benzene rings is 5. The molecule has 3 heteroatoms. The van der Waals surface area contributed by atoms with Gasteiger partial charge in [-0.2, -0.15) is 0 Å². The number of aromatic nitrogens is 2. The second-order valence-corrected chi connectivity index (χ2v) is 10.7. The van der Waals surface area contributed by atoms with Crippen molar-refractivity contribution in [2.24, 2.45) is 0 Å². The molecule has 8 aromatic rings. The van der Waals surface area contributed by atoms with Gasteiger partial charge in [0.05, 0.1) is 21.3 Å². The predicted octanol–water partition coefficient (Wildman–Crippen LogP) is 9.88. The minimum atomic E-state index is 1.09. The number of fused-ring (bicyclic) bond motifs is 6. The second kappa shape index (κ2) is 8.41. The number of thiophene rings is 1. The van der Waals surface area contributed by atoms with Crippen molar-refractivity contribution in [3.8, 4) is 27.9 Å². The van der Waals surface area contributed by atoms with E-state index < -0.39 is 0 Å². The van der Waals surface area contributed by atoms with E-state index in [0.29, 0.717) is 0 Å². The maximum atomic E-state index is 4.65. The van der Waals surface area contributed by atoms with Crippen molar-refractivity contribution in [3.05, 3.63) is 134 Å². The average Bonchev–Trinajstić information content (AvgIpc) is 3.53. The summed E-state index contributed by atoms with van der Waals surface area (Å²) in [5.41, 5.74) is 9.54. The summed E-state index contributed by atoms with van der Waals surface area (Å²) in [6.45, 7) is 0. The molecule has 0 aliphatic carbocycles. The highest BCUT2D eigenvalue weighted by Crippen LogP contribution is 2.37. The minimum absolute atomic E-state index is 1.09. The van der Waals surface area contributed by atoms with Crippen molar-refractivity contribution in [2.75, 3.05) is 0 Å². The van der Waals surface area contributed by atoms with Gasteiger partial charge in [0.1, 0.15) is 0 Å². The van der Waals surface area contributed by atoms with Crippen LogP contribution in [0.25, 0.3) is 70.0 Å². The lowest BCUT2D eigenvalue weighted by Gasteiger charge is -2.11. The van der Waals surface area contributed by atoms with Crippen LogP contribution in [0.2, 0.25) is 0 Å². The molecule has 0 bridgehead atoms. The Labute approximate surface area is 224 Å². The van der Waals surface area contributed by atoms with Gasteiger partial charge in [-0.25, -0.2) is 0 Å². The Bertz CT molecular complexity index is 2090. The van der Waals surface area contributed by atoms with E-state index in [1.165, 1.54) is 64.5 Å². The molecule has 0 saturated carbocycles. The number of hydrogen-bond acceptors (Lipinski definition) is 2. The van der Waals surface area contributed by atoms with Crippen molar-refractivity contribution < 1.29 is 0 Å². The molecule has 5 aromatic carbocycles. The lowest BCUT2D eigenvalue weighted by molar-refractivity contribution is 1.18. The normalized spacial score (nSPS) is 11.7. The molecule has 0 atom stereocenters. The molecule has 0 radical (unpaired) electrons. The van der Waals surface area contributed by atoms with Gasteiger partial charge in [0.2, 0.25) is 0 Å². The first-order valence-corrected chi connectivity index (χ1v) is 13.6. The van der Waals surface area contributed by atoms with Gasteiger partial charge in [-0.3, -0.25) is 4.98 Å². The van der Waals surface area contributed by atoms with E-state index in [9.17, 15) is 0 Å². The van der Waals surface area contributed by atoms with Crippen molar-refractivity contribution in [3.63, 3.8) is 0 Å². The SMILES string of the molecule is c1cc(-c2cccc(-n3c4ccccc4c4ccccc43)c2)cc(-c2ccc3sc4cccnc4c3c2)c1. The topological polar surface area (TPSA) is 17.8 Å². The third-order valence-corrected chi connectivity index (χ3v) is 8.56. The number of para-hydroxylation sites is 2. The first kappa shape index (κ1) is 21.4. The van der Waals surface area contributed by atoms with Gasteiger partial charge in [-0.1, -0.05) is 72.8 Å². The summed E-state index contributed by atoms with van der Waals surface area (Å²) in [6.07, 6.45) is 1.88. The van der Waals surface area contributed by atoms with Gasteiger partial charge in [0, 0.05) is 32.7 Å². The summed E-state index contributed by atoms with van der Waals surface area (Å²) in [4.78, 5) is 4.65. The van der Waals surface area contributed by atoms with Crippen LogP contribution in [0.1, 0.15) is 0 Å². The smallest absolute Gasteiger partial charge is 0.0888 e. The Morgan fingerprint density at radius 2 is 1.13 bits per heavy atom. The zero-order valence-corrected chi connectivity index (χ0v) is 21.3. The third kappa shape index (κ3) is 3.29. The van der Waals surface area contributed by atoms with Crippen LogP contribution in [-0.2, 0) is 0 Å². The molecule has 0 saturated heterocycles. The van der Waals surface area contributed by atoms with Crippen molar-refractivity contribution in [1.29, 1.82) is 0 Å². The van der Waals surface area contributed by atoms with Gasteiger partial charge < -0.3 is 4.57 Å². The van der Waals surface area contributed by atoms with Crippen molar-refractivity contribution >= 4 is 53.4 Å². The fourth-order valence-electron chi connectivity index (χ4n) is 5.68. The molecule has 3 aromatic heterocycles. The zero-order chi connectivity index (χ0) is 25.1. The fourth-order valence-corrected chi connectivity index (χ4v) is 6.73. The molecule has 0 unspecified atom stereocenters. The summed E-state index contributed by atoms with van der Waals surface area (Å²) in [5.74, 6) is 0. The van der Waals surface area contributed by atoms with Crippen LogP contribution in [0.4, 0.5) is 0 Å². The van der Waals surface area contributed by atoms with E-state index >= 15 is 0 Å². The minimum Gasteiger partial charge on any atom is -0.309 e. The largest absolute Gasteiger partial charge is 0.309 e. The molecule has 0 fully saturated rings. The predicted molar refractivity (Wildman–Crippen MR) is 162 cm³/mol. The van der Waals surface area contributed by atoms with E-state index in [1.54, 1.807) is 11.3 Å². The highest BCUT2D eigenvalue weighted by molar-refractivity contribution is 7.25. The monoisotopic (exact) mass is 502 g/mol. The van der Waals surface area contributed by atoms with E-state index in [1.807, 2.05) is 12.3 Å². The Morgan fingerprint density at radius 1 is 0.474 bits per heavy atom. The summed E-state index contributed by atoms with van der Waals surface area (Å²) < 4.78 is 4.88. The Kier molecular flexibility index (Phi) is 4.73. The van der Waals surface area contributed by atoms with Gasteiger partial charge in [0.15, 0.2) is 0 Å². The molecule has 0 spiro atoms. The molecule has 3 heterocycles. The molecule has 38 heavy (non-hydrogen) atoms. The molecule has 2 nitrogen and oxygen atoms in total. The lowest BCUT2D eigenvalue weighted by atomic mass is 9.98. The van der Waals surface area contributed by atoms with Crippen LogP contribution in [0, 0.1) is 0 Å². The van der Waals surface area contributed by atoms with Crippen molar-refractivity contribution in [1.82, 2.24) is 9.55 Å². The van der Waals surface area contributed by atoms with Crippen LogP contribution >= 0.6 is 11.3 Å². The molecule has 0 amide bonds. The molecular formula is C35H22N2S. The average molecular weight is 503 g/mol. The van der Waals surface area contributed by atoms with Gasteiger partial charge >= 0.3 is 0 Å². The lowest BCUT2D eigenvalue weighted by Crippen LogP contribution is -1.94. The first-order valence-electron chi connectivity index (χ1n) is 12.8. The number of nitrogens with zero attached hydrogens (tertiary/aromatic N) is 2. The standard InChI is InChI=1S/C35H22N2S/c1-3-14-31-28(12-1)29-13-2-4-15-32(29)37(31)27-11-6-10-25(21-27)23-8-5-9-24(20-23)26-17-18-33-30(22-26)35-34(38-33)16-7-19-36-35/h1-22H. The Hall–Kier alpha value is -4.73. The first-order chi connectivity index (χ1) is 18.8. The Balaban J connectivity index is 1.25. The highest BCUT2D eigenvalue weighted by Gasteiger charge is 2.13. The second-order valence-electron chi connectivity index (χ2n) is 9.66. The highest BCUT2D eigenvalue weighted by atomic mass is 32.1. The maximum absolute atomic E-state index is 4.65. The summed E-state index contributed by atoms with van der Waals surface area (Å²) in [6, 6.07) is 46.0. The summed E-state index contributed by atoms with van der Waals surface area (Å²) in [7, 11) is 0. The van der Waals surface area contributed by atoms with Crippen LogP contribution in [0.3, 0.4) is 0 Å². The third-order valence-electron chi connectivity index (χ3n) is 7.44. The summed E-state index contributed by atoms with van der Waals surface area (Å²) >= 11 is 1.80. The van der Waals surface area contributed by atoms with E-state index in [2.05, 4.69) is 131 Å². The molecule has 0 N–H and O–H groups in total. The molecule has 0 aliphatic heterocycles. The molecule has 8 rings (SSSR count). The number of hydrogen-bond donors (Lipinski definition) is 0. The van der Waals surface area contributed by atoms with Gasteiger partial charge in [-0.05, 0) is 76.9 Å². The van der Waals surface area contributed by atoms with Crippen LogP contribution in [0.5, 0.6) is 0 Å². The number of rotatable bonds is 3. The van der Waals surface area contributed by atoms with Gasteiger partial charge in [0.25, 0.3) is 0 Å². The van der Waals surface area contributed by atoms with E-state index in [-0.39, 0.29) is 0 Å². The maximum Gasteiger partial charge on any atom is 0.0888 e. The van der Waals surface area contributed by atoms with Crippen LogP contribution in [-0.4, -0.2) is 9.55 Å². The fraction of sp³-hybridized carbons (Fsp3) is 0. The van der Waals surface area contributed by atoms with Crippen LogP contribution in [0.15, 0.2) is 134 Å². The Morgan fingerprint density at radius 3 is 1.89 bits per heavy atom. The van der Waals surface area contributed by atoms with E-state index in [0.717, 1.165) is 5.52 Å². The quantitative estimate of drug-likeness (QED) is 0.235. The zero-order valence-electron chi connectivity index (χ0n) is 20.5. The van der Waals surface area contributed by atoms with Crippen LogP contribution < -0.4 is 0 Å². The van der Waals surface area contributed by atoms with Crippen molar-refractivity contribution in [2.45, 2.75) is 0 Å². The molecule has 0 aliphatic rings. The summed E-state index contributed by atoms with van der Waals surface area (Å²) in [5, 5.41) is 3.78. The van der Waals surface area contributed by atoms with Gasteiger partial charge in [-0.15, -0.1) is 11.3 Å². The number of pyridine rings is 1. The molecular weight excluding hydrogens is 480 g/mol. The van der Waals surface area contributed by atoms with E-state index in [4.69, 9.17) is 0 Å².